The Morgan fingerprint density at radius 1 is 1.53 bits per heavy atom. The summed E-state index contributed by atoms with van der Waals surface area (Å²) in [6, 6.07) is 1.80. The number of hydrogen-bond donors (Lipinski definition) is 0. The molecule has 15 heavy (non-hydrogen) atoms. The zero-order valence-corrected chi connectivity index (χ0v) is 9.86. The van der Waals surface area contributed by atoms with Crippen molar-refractivity contribution in [2.24, 2.45) is 13.0 Å². The van der Waals surface area contributed by atoms with E-state index in [1.165, 1.54) is 0 Å². The van der Waals surface area contributed by atoms with Gasteiger partial charge in [-0.3, -0.25) is 9.48 Å². The topological polar surface area (TPSA) is 34.9 Å². The van der Waals surface area contributed by atoms with Crippen LogP contribution in [0.3, 0.4) is 0 Å². The minimum atomic E-state index is 0.153. The molecule has 0 spiro atoms. The van der Waals surface area contributed by atoms with Gasteiger partial charge >= 0.3 is 0 Å². The summed E-state index contributed by atoms with van der Waals surface area (Å²) in [6.07, 6.45) is 5.99. The highest BCUT2D eigenvalue weighted by Gasteiger charge is 2.19. The molecular weight excluding hydrogens is 188 g/mol. The molecule has 84 valence electrons. The van der Waals surface area contributed by atoms with Crippen LogP contribution in [0.25, 0.3) is 0 Å². The van der Waals surface area contributed by atoms with Crippen LogP contribution in [0.15, 0.2) is 12.3 Å². The van der Waals surface area contributed by atoms with Crippen molar-refractivity contribution in [3.63, 3.8) is 0 Å². The molecule has 1 rings (SSSR count). The maximum atomic E-state index is 12.0. The maximum Gasteiger partial charge on any atom is 0.186 e. The molecule has 0 aliphatic carbocycles. The molecule has 3 nitrogen and oxygen atoms in total. The summed E-state index contributed by atoms with van der Waals surface area (Å²) >= 11 is 0. The van der Waals surface area contributed by atoms with Gasteiger partial charge in [-0.15, -0.1) is 0 Å². The highest BCUT2D eigenvalue weighted by atomic mass is 16.1. The molecule has 0 N–H and O–H groups in total. The van der Waals surface area contributed by atoms with E-state index in [4.69, 9.17) is 0 Å². The van der Waals surface area contributed by atoms with Gasteiger partial charge in [-0.25, -0.2) is 0 Å². The molecule has 0 aliphatic heterocycles. The number of ketones is 1. The van der Waals surface area contributed by atoms with Crippen molar-refractivity contribution >= 4 is 5.78 Å². The second kappa shape index (κ2) is 5.69. The Labute approximate surface area is 91.5 Å². The fraction of sp³-hybridized carbons (Fsp3) is 0.667. The Hall–Kier alpha value is -1.12. The Balaban J connectivity index is 2.64. The standard InChI is InChI=1S/C12H20N2O/c1-4-6-7-10(5-2)12(15)11-8-9-14(3)13-11/h8-10H,4-7H2,1-3H3. The van der Waals surface area contributed by atoms with Gasteiger partial charge in [0, 0.05) is 19.2 Å². The summed E-state index contributed by atoms with van der Waals surface area (Å²) in [6.45, 7) is 4.22. The molecule has 3 heteroatoms. The van der Waals surface area contributed by atoms with E-state index >= 15 is 0 Å². The predicted octanol–water partition coefficient (Wildman–Crippen LogP) is 2.82. The Bertz CT molecular complexity index is 317. The third-order valence-corrected chi connectivity index (χ3v) is 2.74. The van der Waals surface area contributed by atoms with Gasteiger partial charge in [-0.1, -0.05) is 26.7 Å². The van der Waals surface area contributed by atoms with Crippen molar-refractivity contribution in [1.82, 2.24) is 9.78 Å². The largest absolute Gasteiger partial charge is 0.292 e. The van der Waals surface area contributed by atoms with Crippen molar-refractivity contribution in [2.45, 2.75) is 39.5 Å². The average molecular weight is 208 g/mol. The van der Waals surface area contributed by atoms with Crippen LogP contribution in [0.2, 0.25) is 0 Å². The van der Waals surface area contributed by atoms with Crippen LogP contribution < -0.4 is 0 Å². The highest BCUT2D eigenvalue weighted by molar-refractivity contribution is 5.95. The van der Waals surface area contributed by atoms with Gasteiger partial charge in [-0.2, -0.15) is 5.10 Å². The molecule has 0 radical (unpaired) electrons. The zero-order valence-electron chi connectivity index (χ0n) is 9.86. The van der Waals surface area contributed by atoms with Gasteiger partial charge in [0.15, 0.2) is 5.78 Å². The zero-order chi connectivity index (χ0) is 11.3. The highest BCUT2D eigenvalue weighted by Crippen LogP contribution is 2.17. The lowest BCUT2D eigenvalue weighted by molar-refractivity contribution is 0.0902. The molecule has 1 heterocycles. The first kappa shape index (κ1) is 12.0. The monoisotopic (exact) mass is 208 g/mol. The second-order valence-electron chi connectivity index (χ2n) is 3.99. The normalized spacial score (nSPS) is 12.7. The van der Waals surface area contributed by atoms with Crippen LogP contribution >= 0.6 is 0 Å². The van der Waals surface area contributed by atoms with E-state index in [0.29, 0.717) is 5.69 Å². The Morgan fingerprint density at radius 2 is 2.27 bits per heavy atom. The minimum Gasteiger partial charge on any atom is -0.292 e. The van der Waals surface area contributed by atoms with E-state index in [2.05, 4.69) is 18.9 Å². The van der Waals surface area contributed by atoms with Crippen LogP contribution in [0.1, 0.15) is 50.0 Å². The second-order valence-corrected chi connectivity index (χ2v) is 3.99. The summed E-state index contributed by atoms with van der Waals surface area (Å²) in [5, 5.41) is 4.15. The van der Waals surface area contributed by atoms with E-state index in [9.17, 15) is 4.79 Å². The van der Waals surface area contributed by atoms with Crippen molar-refractivity contribution in [3.8, 4) is 0 Å². The van der Waals surface area contributed by atoms with Gasteiger partial charge in [0.25, 0.3) is 0 Å². The molecule has 0 saturated carbocycles. The smallest absolute Gasteiger partial charge is 0.186 e. The molecule has 0 aliphatic rings. The summed E-state index contributed by atoms with van der Waals surface area (Å²) in [7, 11) is 1.84. The number of hydrogen-bond acceptors (Lipinski definition) is 2. The van der Waals surface area contributed by atoms with Crippen molar-refractivity contribution in [3.05, 3.63) is 18.0 Å². The van der Waals surface area contributed by atoms with Crippen molar-refractivity contribution in [2.75, 3.05) is 0 Å². The fourth-order valence-electron chi connectivity index (χ4n) is 1.73. The third kappa shape index (κ3) is 3.18. The lowest BCUT2D eigenvalue weighted by atomic mass is 9.93. The van der Waals surface area contributed by atoms with E-state index in [-0.39, 0.29) is 11.7 Å². The molecule has 1 aromatic heterocycles. The van der Waals surface area contributed by atoms with Gasteiger partial charge in [-0.05, 0) is 18.9 Å². The summed E-state index contributed by atoms with van der Waals surface area (Å²) < 4.78 is 1.68. The van der Waals surface area contributed by atoms with E-state index < -0.39 is 0 Å². The number of aryl methyl sites for hydroxylation is 1. The average Bonchev–Trinajstić information content (AvgIpc) is 2.65. The summed E-state index contributed by atoms with van der Waals surface area (Å²) in [4.78, 5) is 12.0. The van der Waals surface area contributed by atoms with Crippen LogP contribution in [0.4, 0.5) is 0 Å². The van der Waals surface area contributed by atoms with Crippen LogP contribution in [0, 0.1) is 5.92 Å². The lowest BCUT2D eigenvalue weighted by Gasteiger charge is -2.10. The maximum absolute atomic E-state index is 12.0. The van der Waals surface area contributed by atoms with Crippen molar-refractivity contribution in [1.29, 1.82) is 0 Å². The number of nitrogens with zero attached hydrogens (tertiary/aromatic N) is 2. The number of carbonyl (C=O) groups is 1. The third-order valence-electron chi connectivity index (χ3n) is 2.74. The van der Waals surface area contributed by atoms with Crippen LogP contribution in [-0.2, 0) is 7.05 Å². The minimum absolute atomic E-state index is 0.153. The predicted molar refractivity (Wildman–Crippen MR) is 60.8 cm³/mol. The first-order chi connectivity index (χ1) is 7.19. The number of Topliss-reactive ketones (excluding diaryl/α,β-unsaturated/α-hetero) is 1. The van der Waals surface area contributed by atoms with Crippen molar-refractivity contribution < 1.29 is 4.79 Å². The molecule has 0 saturated heterocycles. The molecule has 1 atom stereocenters. The Kier molecular flexibility index (Phi) is 4.53. The molecule has 0 amide bonds. The Morgan fingerprint density at radius 3 is 2.73 bits per heavy atom. The SMILES string of the molecule is CCCCC(CC)C(=O)c1ccn(C)n1. The molecule has 0 fully saturated rings. The number of aromatic nitrogens is 2. The molecule has 0 aromatic carbocycles. The van der Waals surface area contributed by atoms with Crippen LogP contribution in [0.5, 0.6) is 0 Å². The summed E-state index contributed by atoms with van der Waals surface area (Å²) in [5.41, 5.74) is 0.612. The number of carbonyl (C=O) groups excluding carboxylic acids is 1. The van der Waals surface area contributed by atoms with E-state index in [1.54, 1.807) is 10.7 Å². The van der Waals surface area contributed by atoms with Gasteiger partial charge < -0.3 is 0 Å². The molecule has 1 aromatic rings. The molecule has 0 bridgehead atoms. The fourth-order valence-corrected chi connectivity index (χ4v) is 1.73. The lowest BCUT2D eigenvalue weighted by Crippen LogP contribution is -2.15. The quantitative estimate of drug-likeness (QED) is 0.674. The van der Waals surface area contributed by atoms with Gasteiger partial charge in [0.1, 0.15) is 5.69 Å². The van der Waals surface area contributed by atoms with E-state index in [1.807, 2.05) is 13.2 Å². The molecular formula is C12H20N2O. The van der Waals surface area contributed by atoms with Crippen LogP contribution in [-0.4, -0.2) is 15.6 Å². The first-order valence-electron chi connectivity index (χ1n) is 5.72. The first-order valence-corrected chi connectivity index (χ1v) is 5.72. The number of unbranched alkanes of at least 4 members (excludes halogenated alkanes) is 1. The summed E-state index contributed by atoms with van der Waals surface area (Å²) in [5.74, 6) is 0.353. The van der Waals surface area contributed by atoms with Gasteiger partial charge in [0.05, 0.1) is 0 Å². The molecule has 1 unspecified atom stereocenters. The number of rotatable bonds is 6. The van der Waals surface area contributed by atoms with E-state index in [0.717, 1.165) is 25.7 Å². The van der Waals surface area contributed by atoms with Gasteiger partial charge in [0.2, 0.25) is 0 Å².